The van der Waals surface area contributed by atoms with Crippen molar-refractivity contribution in [3.05, 3.63) is 12.2 Å². The molecule has 3 aliphatic rings. The first-order chi connectivity index (χ1) is 43.9. The fourth-order valence-electron chi connectivity index (χ4n) is 12.5. The molecule has 3 heterocycles. The Morgan fingerprint density at radius 1 is 0.571 bits per heavy atom. The van der Waals surface area contributed by atoms with Crippen LogP contribution in [0.2, 0.25) is 0 Å². The second-order valence-electron chi connectivity index (χ2n) is 26.1. The first-order valence-electron chi connectivity index (χ1n) is 35.6. The van der Waals surface area contributed by atoms with Gasteiger partial charge in [0.1, 0.15) is 67.1 Å². The molecule has 534 valence electrons. The van der Waals surface area contributed by atoms with Gasteiger partial charge in [-0.15, -0.1) is 0 Å². The van der Waals surface area contributed by atoms with Crippen LogP contribution in [0.1, 0.15) is 265 Å². The fourth-order valence-corrected chi connectivity index (χ4v) is 12.5. The zero-order chi connectivity index (χ0) is 66.8. The van der Waals surface area contributed by atoms with Crippen molar-refractivity contribution in [2.45, 2.75) is 375 Å². The van der Waals surface area contributed by atoms with Gasteiger partial charge in [-0.05, 0) is 19.3 Å². The molecule has 23 nitrogen and oxygen atoms in total. The number of aliphatic hydroxyl groups excluding tert-OH is 11. The van der Waals surface area contributed by atoms with Crippen LogP contribution in [0.3, 0.4) is 0 Å². The average Bonchev–Trinajstić information content (AvgIpc) is 0.773. The summed E-state index contributed by atoms with van der Waals surface area (Å²) >= 11 is 0. The maximum Gasteiger partial charge on any atom is 0.364 e. The molecule has 3 aliphatic heterocycles. The van der Waals surface area contributed by atoms with Crippen molar-refractivity contribution in [2.75, 3.05) is 26.4 Å². The van der Waals surface area contributed by atoms with Crippen LogP contribution < -0.4 is 10.6 Å². The number of hydrogen-bond donors (Lipinski definition) is 14. The average molecular weight is 1310 g/mol. The molecule has 14 N–H and O–H groups in total. The number of unbranched alkanes of at least 4 members (excludes halogenated alkanes) is 34. The number of carbonyl (C=O) groups is 3. The van der Waals surface area contributed by atoms with Crippen LogP contribution >= 0.6 is 0 Å². The molecule has 0 bridgehead atoms. The monoisotopic (exact) mass is 1310 g/mol. The Morgan fingerprint density at radius 3 is 1.46 bits per heavy atom. The number of amides is 2. The van der Waals surface area contributed by atoms with E-state index in [1.807, 2.05) is 6.08 Å². The topological polar surface area (TPSA) is 373 Å². The van der Waals surface area contributed by atoms with Gasteiger partial charge in [0, 0.05) is 19.8 Å². The van der Waals surface area contributed by atoms with Gasteiger partial charge in [-0.3, -0.25) is 9.59 Å². The highest BCUT2D eigenvalue weighted by Crippen LogP contribution is 2.39. The third kappa shape index (κ3) is 31.5. The number of aliphatic hydroxyl groups is 11. The number of carbonyl (C=O) groups excluding carboxylic acids is 2. The van der Waals surface area contributed by atoms with E-state index in [2.05, 4.69) is 24.5 Å². The predicted molar refractivity (Wildman–Crippen MR) is 343 cm³/mol. The minimum atomic E-state index is -3.08. The van der Waals surface area contributed by atoms with Gasteiger partial charge in [0.15, 0.2) is 12.6 Å². The van der Waals surface area contributed by atoms with Gasteiger partial charge in [-0.25, -0.2) is 4.79 Å². The van der Waals surface area contributed by atoms with Crippen molar-refractivity contribution in [1.82, 2.24) is 10.6 Å². The summed E-state index contributed by atoms with van der Waals surface area (Å²) in [4.78, 5) is 38.5. The van der Waals surface area contributed by atoms with Crippen molar-refractivity contribution >= 4 is 17.8 Å². The minimum Gasteiger partial charge on any atom is -0.477 e. The molecule has 2 amide bonds. The lowest BCUT2D eigenvalue weighted by Gasteiger charge is -2.50. The van der Waals surface area contributed by atoms with Crippen molar-refractivity contribution in [3.63, 3.8) is 0 Å². The normalized spacial score (nSPS) is 28.4. The molecule has 0 saturated carbocycles. The highest BCUT2D eigenvalue weighted by molar-refractivity contribution is 5.77. The quantitative estimate of drug-likeness (QED) is 0.0223. The van der Waals surface area contributed by atoms with Crippen LogP contribution in [0.25, 0.3) is 0 Å². The summed E-state index contributed by atoms with van der Waals surface area (Å²) in [5.74, 6) is -6.14. The van der Waals surface area contributed by atoms with E-state index in [9.17, 15) is 75.7 Å². The third-order valence-corrected chi connectivity index (χ3v) is 18.2. The second kappa shape index (κ2) is 49.1. The highest BCUT2D eigenvalue weighted by Gasteiger charge is 2.60. The molecule has 3 fully saturated rings. The molecule has 0 radical (unpaired) electrons. The Bertz CT molecular complexity index is 1890. The summed E-state index contributed by atoms with van der Waals surface area (Å²) in [7, 11) is 0. The summed E-state index contributed by atoms with van der Waals surface area (Å²) in [5, 5.41) is 136. The van der Waals surface area contributed by atoms with Gasteiger partial charge in [-0.2, -0.15) is 0 Å². The van der Waals surface area contributed by atoms with E-state index in [1.54, 1.807) is 6.08 Å². The molecule has 0 aromatic heterocycles. The predicted octanol–water partition coefficient (Wildman–Crippen LogP) is 6.68. The lowest BCUT2D eigenvalue weighted by Crippen LogP contribution is -2.70. The van der Waals surface area contributed by atoms with Crippen LogP contribution in [0.15, 0.2) is 12.2 Å². The first-order valence-corrected chi connectivity index (χ1v) is 35.6. The minimum absolute atomic E-state index is 0.205. The van der Waals surface area contributed by atoms with Gasteiger partial charge < -0.3 is 100 Å². The van der Waals surface area contributed by atoms with Gasteiger partial charge >= 0.3 is 5.97 Å². The van der Waals surface area contributed by atoms with Gasteiger partial charge in [0.2, 0.25) is 11.8 Å². The molecular weight excluding hydrogens is 1180 g/mol. The smallest absolute Gasteiger partial charge is 0.364 e. The summed E-state index contributed by atoms with van der Waals surface area (Å²) in [6.07, 6.45) is 18.8. The Labute approximate surface area is 543 Å². The molecular formula is C68H126N2O21. The molecule has 0 aliphatic carbocycles. The van der Waals surface area contributed by atoms with Crippen molar-refractivity contribution in [1.29, 1.82) is 0 Å². The Balaban J connectivity index is 1.49. The van der Waals surface area contributed by atoms with E-state index in [-0.39, 0.29) is 12.3 Å². The lowest BCUT2D eigenvalue weighted by molar-refractivity contribution is -0.386. The van der Waals surface area contributed by atoms with E-state index in [0.717, 1.165) is 64.7 Å². The number of ether oxygens (including phenoxy) is 6. The molecule has 3 rings (SSSR count). The number of hydrogen-bond acceptors (Lipinski definition) is 20. The van der Waals surface area contributed by atoms with Crippen LogP contribution in [-0.2, 0) is 42.8 Å². The summed E-state index contributed by atoms with van der Waals surface area (Å²) in [6.45, 7) is 2.10. The molecule has 0 spiro atoms. The van der Waals surface area contributed by atoms with Crippen LogP contribution in [-0.4, -0.2) is 215 Å². The Hall–Kier alpha value is -2.53. The third-order valence-electron chi connectivity index (χ3n) is 18.2. The fraction of sp³-hybridized carbons (Fsp3) is 0.926. The van der Waals surface area contributed by atoms with Crippen molar-refractivity contribution in [2.24, 2.45) is 0 Å². The van der Waals surface area contributed by atoms with E-state index in [4.69, 9.17) is 28.4 Å². The number of rotatable bonds is 54. The van der Waals surface area contributed by atoms with Crippen LogP contribution in [0.5, 0.6) is 0 Å². The maximum atomic E-state index is 13.4. The van der Waals surface area contributed by atoms with Crippen molar-refractivity contribution in [3.8, 4) is 0 Å². The number of carboxylic acids is 1. The number of aliphatic carboxylic acids is 1. The molecule has 0 aromatic carbocycles. The Kier molecular flexibility index (Phi) is 44.6. The maximum absolute atomic E-state index is 13.4. The molecule has 18 atom stereocenters. The van der Waals surface area contributed by atoms with Gasteiger partial charge in [0.25, 0.3) is 5.79 Å². The Morgan fingerprint density at radius 2 is 1.02 bits per heavy atom. The van der Waals surface area contributed by atoms with Gasteiger partial charge in [-0.1, -0.05) is 238 Å². The summed E-state index contributed by atoms with van der Waals surface area (Å²) in [6, 6.07) is -2.61. The molecule has 3 saturated heterocycles. The molecule has 91 heavy (non-hydrogen) atoms. The largest absolute Gasteiger partial charge is 0.477 e. The summed E-state index contributed by atoms with van der Waals surface area (Å²) < 4.78 is 34.7. The van der Waals surface area contributed by atoms with E-state index < -0.39 is 155 Å². The van der Waals surface area contributed by atoms with E-state index in [1.165, 1.54) is 161 Å². The lowest BCUT2D eigenvalue weighted by atomic mass is 9.88. The SMILES string of the molecule is CCCCCCCCC/C=C/C(O)C(COC1OC(CO)C(OC2OC(CO)C(O)C(OC3(C(=O)O)CC(O)C(NC(C)=O)C(C(O)C(O)CO)O3)C2O)C(O)C1O)NC(=O)CCCCCCCCCCCCCCCCCCCCCCCCCCCCCC. The molecule has 0 aromatic rings. The zero-order valence-corrected chi connectivity index (χ0v) is 55.7. The van der Waals surface area contributed by atoms with E-state index >= 15 is 0 Å². The van der Waals surface area contributed by atoms with E-state index in [0.29, 0.717) is 12.8 Å². The number of allylic oxidation sites excluding steroid dienone is 1. The van der Waals surface area contributed by atoms with Crippen LogP contribution in [0.4, 0.5) is 0 Å². The standard InChI is InChI=1S/C68H126N2O21/c1-4-6-8-10-12-14-15-16-17-18-19-20-21-22-23-24-25-26-27-28-29-30-31-32-34-36-38-40-42-55(78)70-49(50(75)41-39-37-35-33-13-11-9-7-5-2)47-86-65-60(82)59(81)62(54(46-73)88-65)89-66-61(83)64(58(80)53(45-72)87-66)91-68(67(84)85)43-51(76)56(69-48(3)74)63(90-68)57(79)52(77)44-71/h39,41,49-54,56-66,71-73,75-77,79-83H,4-38,40,42-47H2,1-3H3,(H,69,74)(H,70,78)(H,84,85)/b41-39+. The van der Waals surface area contributed by atoms with Gasteiger partial charge in [0.05, 0.1) is 50.7 Å². The highest BCUT2D eigenvalue weighted by atomic mass is 16.8. The van der Waals surface area contributed by atoms with Crippen molar-refractivity contribution < 1.29 is 104 Å². The second-order valence-corrected chi connectivity index (χ2v) is 26.1. The zero-order valence-electron chi connectivity index (χ0n) is 55.7. The molecule has 18 unspecified atom stereocenters. The number of nitrogens with one attached hydrogen (secondary N) is 2. The van der Waals surface area contributed by atoms with Crippen LogP contribution in [0, 0.1) is 0 Å². The summed E-state index contributed by atoms with van der Waals surface area (Å²) in [5.41, 5.74) is 0. The number of carboxylic acid groups (broad SMARTS) is 1. The first kappa shape index (κ1) is 82.7. The molecule has 23 heteroatoms.